The Balaban J connectivity index is 1.48. The molecule has 0 unspecified atom stereocenters. The van der Waals surface area contributed by atoms with Gasteiger partial charge in [0.1, 0.15) is 17.5 Å². The Morgan fingerprint density at radius 3 is 2.33 bits per heavy atom. The number of rotatable bonds is 4. The van der Waals surface area contributed by atoms with Gasteiger partial charge in [-0.3, -0.25) is 4.79 Å². The molecule has 1 aliphatic rings. The number of pyridine rings is 1. The zero-order valence-corrected chi connectivity index (χ0v) is 17.2. The Kier molecular flexibility index (Phi) is 6.17. The summed E-state index contributed by atoms with van der Waals surface area (Å²) in [6.45, 7) is 1.67. The lowest BCUT2D eigenvalue weighted by Crippen LogP contribution is -2.47. The predicted molar refractivity (Wildman–Crippen MR) is 114 cm³/mol. The van der Waals surface area contributed by atoms with Crippen LogP contribution in [0.3, 0.4) is 0 Å². The summed E-state index contributed by atoms with van der Waals surface area (Å²) in [4.78, 5) is 20.7. The van der Waals surface area contributed by atoms with E-state index in [-0.39, 0.29) is 11.3 Å². The highest BCUT2D eigenvalue weighted by Crippen LogP contribution is 2.32. The third-order valence-corrected chi connectivity index (χ3v) is 5.33. The summed E-state index contributed by atoms with van der Waals surface area (Å²) in [7, 11) is 0. The summed E-state index contributed by atoms with van der Waals surface area (Å²) >= 11 is 0. The second-order valence-electron chi connectivity index (χ2n) is 7.48. The highest BCUT2D eigenvalue weighted by atomic mass is 19.4. The van der Waals surface area contributed by atoms with Crippen molar-refractivity contribution in [1.82, 2.24) is 4.98 Å². The van der Waals surface area contributed by atoms with E-state index in [0.29, 0.717) is 43.8 Å². The molecule has 1 amide bonds. The fourth-order valence-corrected chi connectivity index (χ4v) is 3.66. The molecule has 10 heteroatoms. The molecule has 0 spiro atoms. The maximum absolute atomic E-state index is 13.9. The van der Waals surface area contributed by atoms with Gasteiger partial charge in [0.15, 0.2) is 0 Å². The number of benzene rings is 2. The van der Waals surface area contributed by atoms with Crippen LogP contribution in [0.25, 0.3) is 0 Å². The third kappa shape index (κ3) is 5.05. The monoisotopic (exact) mass is 462 g/mol. The van der Waals surface area contributed by atoms with Crippen molar-refractivity contribution in [3.63, 3.8) is 0 Å². The van der Waals surface area contributed by atoms with Crippen molar-refractivity contribution in [3.05, 3.63) is 83.6 Å². The van der Waals surface area contributed by atoms with E-state index < -0.39 is 29.3 Å². The molecule has 33 heavy (non-hydrogen) atoms. The van der Waals surface area contributed by atoms with Crippen LogP contribution in [0.4, 0.5) is 39.1 Å². The number of carbonyl (C=O) groups excluding carboxylic acids is 1. The molecule has 0 aliphatic carbocycles. The van der Waals surface area contributed by atoms with Crippen molar-refractivity contribution in [3.8, 4) is 0 Å². The molecule has 1 saturated heterocycles. The minimum Gasteiger partial charge on any atom is -0.368 e. The average molecular weight is 462 g/mol. The normalized spacial score (nSPS) is 14.3. The Morgan fingerprint density at radius 1 is 0.909 bits per heavy atom. The number of aromatic nitrogens is 1. The molecule has 0 bridgehead atoms. The van der Waals surface area contributed by atoms with Crippen LogP contribution >= 0.6 is 0 Å². The van der Waals surface area contributed by atoms with Crippen molar-refractivity contribution in [2.24, 2.45) is 0 Å². The molecule has 1 aromatic heterocycles. The first kappa shape index (κ1) is 22.5. The highest BCUT2D eigenvalue weighted by molar-refractivity contribution is 6.07. The largest absolute Gasteiger partial charge is 0.416 e. The van der Waals surface area contributed by atoms with Crippen LogP contribution in [0.15, 0.2) is 60.8 Å². The number of nitrogens with zero attached hydrogens (tertiary/aromatic N) is 3. The van der Waals surface area contributed by atoms with Crippen molar-refractivity contribution in [2.75, 3.05) is 41.3 Å². The lowest BCUT2D eigenvalue weighted by Gasteiger charge is -2.37. The zero-order valence-electron chi connectivity index (χ0n) is 17.2. The van der Waals surface area contributed by atoms with E-state index in [1.165, 1.54) is 18.3 Å². The van der Waals surface area contributed by atoms with Gasteiger partial charge in [-0.05, 0) is 42.5 Å². The third-order valence-electron chi connectivity index (χ3n) is 5.33. The van der Waals surface area contributed by atoms with Crippen molar-refractivity contribution in [1.29, 1.82) is 0 Å². The van der Waals surface area contributed by atoms with Crippen molar-refractivity contribution < 1.29 is 26.7 Å². The van der Waals surface area contributed by atoms with Gasteiger partial charge in [0.25, 0.3) is 5.91 Å². The summed E-state index contributed by atoms with van der Waals surface area (Å²) in [5.74, 6) is -1.89. The van der Waals surface area contributed by atoms with Crippen molar-refractivity contribution >= 4 is 23.1 Å². The molecule has 172 valence electrons. The molecule has 0 atom stereocenters. The van der Waals surface area contributed by atoms with Gasteiger partial charge in [0.2, 0.25) is 0 Å². The quantitative estimate of drug-likeness (QED) is 0.557. The van der Waals surface area contributed by atoms with Gasteiger partial charge in [-0.1, -0.05) is 6.07 Å². The van der Waals surface area contributed by atoms with Crippen LogP contribution in [0.5, 0.6) is 0 Å². The van der Waals surface area contributed by atoms with Gasteiger partial charge in [-0.25, -0.2) is 13.8 Å². The Bertz CT molecular complexity index is 1160. The number of nitrogens with one attached hydrogen (secondary N) is 1. The molecule has 1 aliphatic heterocycles. The van der Waals surface area contributed by atoms with Gasteiger partial charge >= 0.3 is 6.18 Å². The fraction of sp³-hybridized carbons (Fsp3) is 0.217. The summed E-state index contributed by atoms with van der Waals surface area (Å²) < 4.78 is 66.1. The van der Waals surface area contributed by atoms with E-state index in [1.54, 1.807) is 12.1 Å². The zero-order chi connectivity index (χ0) is 23.6. The lowest BCUT2D eigenvalue weighted by atomic mass is 10.1. The Labute approximate surface area is 186 Å². The molecule has 4 rings (SSSR count). The molecular weight excluding hydrogens is 443 g/mol. The predicted octanol–water partition coefficient (Wildman–Crippen LogP) is 4.96. The van der Waals surface area contributed by atoms with Gasteiger partial charge in [-0.15, -0.1) is 0 Å². The lowest BCUT2D eigenvalue weighted by molar-refractivity contribution is -0.137. The van der Waals surface area contributed by atoms with E-state index >= 15 is 0 Å². The number of hydrogen-bond donors (Lipinski definition) is 1. The van der Waals surface area contributed by atoms with Gasteiger partial charge < -0.3 is 15.1 Å². The second kappa shape index (κ2) is 9.05. The number of anilines is 3. The average Bonchev–Trinajstić information content (AvgIpc) is 2.80. The molecule has 5 nitrogen and oxygen atoms in total. The Morgan fingerprint density at radius 2 is 1.64 bits per heavy atom. The Hall–Kier alpha value is -3.69. The summed E-state index contributed by atoms with van der Waals surface area (Å²) in [5.41, 5.74) is -0.200. The first-order chi connectivity index (χ1) is 15.7. The van der Waals surface area contributed by atoms with E-state index in [4.69, 9.17) is 0 Å². The van der Waals surface area contributed by atoms with Gasteiger partial charge in [-0.2, -0.15) is 13.2 Å². The van der Waals surface area contributed by atoms with E-state index in [0.717, 1.165) is 24.3 Å². The highest BCUT2D eigenvalue weighted by Gasteiger charge is 2.31. The maximum atomic E-state index is 13.9. The molecular formula is C23H19F5N4O. The van der Waals surface area contributed by atoms with Crippen LogP contribution in [-0.2, 0) is 6.18 Å². The smallest absolute Gasteiger partial charge is 0.368 e. The van der Waals surface area contributed by atoms with Gasteiger partial charge in [0.05, 0.1) is 16.8 Å². The SMILES string of the molecule is O=C(Nc1ccc(F)cc1F)c1cccnc1N1CCN(c2cccc(C(F)(F)F)c2)CC1. The molecule has 2 heterocycles. The fourth-order valence-electron chi connectivity index (χ4n) is 3.66. The number of piperazine rings is 1. The summed E-state index contributed by atoms with van der Waals surface area (Å²) in [6, 6.07) is 11.1. The number of hydrogen-bond acceptors (Lipinski definition) is 4. The number of halogens is 5. The summed E-state index contributed by atoms with van der Waals surface area (Å²) in [5, 5.41) is 2.42. The summed E-state index contributed by atoms with van der Waals surface area (Å²) in [6.07, 6.45) is -2.90. The molecule has 3 aromatic rings. The van der Waals surface area contributed by atoms with Crippen LogP contribution in [-0.4, -0.2) is 37.1 Å². The molecule has 0 radical (unpaired) electrons. The minimum absolute atomic E-state index is 0.162. The van der Waals surface area contributed by atoms with Crippen LogP contribution in [0.2, 0.25) is 0 Å². The van der Waals surface area contributed by atoms with E-state index in [9.17, 15) is 26.7 Å². The maximum Gasteiger partial charge on any atom is 0.416 e. The minimum atomic E-state index is -4.42. The standard InChI is InChI=1S/C23H19F5N4O/c24-16-6-7-20(19(25)14-16)30-22(33)18-5-2-8-29-21(18)32-11-9-31(10-12-32)17-4-1-3-15(13-17)23(26,27)28/h1-8,13-14H,9-12H2,(H,30,33). The second-order valence-corrected chi connectivity index (χ2v) is 7.48. The van der Waals surface area contributed by atoms with E-state index in [2.05, 4.69) is 10.3 Å². The number of amides is 1. The van der Waals surface area contributed by atoms with Crippen molar-refractivity contribution in [2.45, 2.75) is 6.18 Å². The molecule has 1 N–H and O–H groups in total. The molecule has 2 aromatic carbocycles. The van der Waals surface area contributed by atoms with Crippen LogP contribution < -0.4 is 15.1 Å². The van der Waals surface area contributed by atoms with E-state index in [1.807, 2.05) is 9.80 Å². The van der Waals surface area contributed by atoms with Gasteiger partial charge in [0, 0.05) is 44.1 Å². The first-order valence-corrected chi connectivity index (χ1v) is 10.1. The molecule has 0 saturated carbocycles. The first-order valence-electron chi connectivity index (χ1n) is 10.1. The van der Waals surface area contributed by atoms with Crippen LogP contribution in [0, 0.1) is 11.6 Å². The van der Waals surface area contributed by atoms with Crippen LogP contribution in [0.1, 0.15) is 15.9 Å². The molecule has 1 fully saturated rings. The number of alkyl halides is 3. The number of carbonyl (C=O) groups is 1. The topological polar surface area (TPSA) is 48.5 Å².